The van der Waals surface area contributed by atoms with Crippen molar-refractivity contribution in [2.75, 3.05) is 16.8 Å². The average molecular weight is 609 g/mol. The number of rotatable bonds is 9. The number of amides is 3. The number of hydrogen-bond donors (Lipinski definition) is 3. The number of carbonyl (C=O) groups excluding carboxylic acids is 3. The molecule has 3 amide bonds. The molecule has 214 valence electrons. The number of tetrazole rings is 1. The molecule has 40 heavy (non-hydrogen) atoms. The normalized spacial score (nSPS) is 19.2. The number of fused-ring (bicyclic) bond motifs is 1. The number of nitrogens with zero attached hydrogens (tertiary/aromatic N) is 6. The van der Waals surface area contributed by atoms with Crippen LogP contribution in [0.3, 0.4) is 0 Å². The highest BCUT2D eigenvalue weighted by atomic mass is 32.2. The molecule has 0 spiro atoms. The Morgan fingerprint density at radius 3 is 2.70 bits per heavy atom. The predicted octanol–water partition coefficient (Wildman–Crippen LogP) is 2.34. The lowest BCUT2D eigenvalue weighted by molar-refractivity contribution is -0.150. The molecule has 3 N–H and O–H groups in total. The summed E-state index contributed by atoms with van der Waals surface area (Å²) >= 11 is 3.78. The summed E-state index contributed by atoms with van der Waals surface area (Å²) in [6, 6.07) is -0.901. The summed E-state index contributed by atoms with van der Waals surface area (Å²) in [6.07, 6.45) is 1.53. The lowest BCUT2D eigenvalue weighted by Gasteiger charge is -2.49. The van der Waals surface area contributed by atoms with Gasteiger partial charge in [0.25, 0.3) is 11.8 Å². The van der Waals surface area contributed by atoms with Crippen LogP contribution in [-0.4, -0.2) is 87.6 Å². The number of anilines is 1. The van der Waals surface area contributed by atoms with E-state index in [2.05, 4.69) is 31.1 Å². The van der Waals surface area contributed by atoms with Crippen LogP contribution in [0.5, 0.6) is 0 Å². The fourth-order valence-electron chi connectivity index (χ4n) is 3.87. The van der Waals surface area contributed by atoms with Crippen LogP contribution in [0.4, 0.5) is 9.93 Å². The van der Waals surface area contributed by atoms with Crippen LogP contribution < -0.4 is 10.6 Å². The first-order valence-corrected chi connectivity index (χ1v) is 15.0. The molecule has 4 rings (SSSR count). The number of carbonyl (C=O) groups is 4. The first kappa shape index (κ1) is 29.5. The minimum Gasteiger partial charge on any atom is -0.477 e. The van der Waals surface area contributed by atoms with Crippen molar-refractivity contribution >= 4 is 69.4 Å². The topological polar surface area (TPSA) is 182 Å². The lowest BCUT2D eigenvalue weighted by atomic mass is 10.0. The molecular weight excluding hydrogens is 581 g/mol. The van der Waals surface area contributed by atoms with Crippen molar-refractivity contribution in [3.63, 3.8) is 0 Å². The van der Waals surface area contributed by atoms with Gasteiger partial charge in [-0.25, -0.2) is 19.3 Å². The number of aryl methyl sites for hydroxylation is 1. The quantitative estimate of drug-likeness (QED) is 0.215. The molecule has 1 fully saturated rings. The van der Waals surface area contributed by atoms with Gasteiger partial charge in [0.2, 0.25) is 5.16 Å². The van der Waals surface area contributed by atoms with E-state index in [0.29, 0.717) is 34.3 Å². The molecule has 0 bridgehead atoms. The van der Waals surface area contributed by atoms with Crippen LogP contribution in [0.25, 0.3) is 5.57 Å². The van der Waals surface area contributed by atoms with Crippen LogP contribution >= 0.6 is 34.9 Å². The van der Waals surface area contributed by atoms with Gasteiger partial charge >= 0.3 is 12.1 Å². The number of ether oxygens (including phenoxy) is 1. The molecule has 2 aliphatic rings. The van der Waals surface area contributed by atoms with Crippen LogP contribution in [0.15, 0.2) is 27.9 Å². The highest BCUT2D eigenvalue weighted by Gasteiger charge is 2.54. The van der Waals surface area contributed by atoms with E-state index < -0.39 is 40.9 Å². The van der Waals surface area contributed by atoms with Crippen LogP contribution in [0.1, 0.15) is 39.8 Å². The number of carboxylic acids is 1. The minimum absolute atomic E-state index is 0.0800. The zero-order chi connectivity index (χ0) is 29.2. The molecule has 2 aromatic heterocycles. The van der Waals surface area contributed by atoms with Crippen molar-refractivity contribution in [1.29, 1.82) is 0 Å². The summed E-state index contributed by atoms with van der Waals surface area (Å²) < 4.78 is 6.71. The van der Waals surface area contributed by atoms with Gasteiger partial charge in [-0.3, -0.25) is 19.8 Å². The van der Waals surface area contributed by atoms with Crippen molar-refractivity contribution in [1.82, 2.24) is 35.4 Å². The van der Waals surface area contributed by atoms with E-state index in [-0.39, 0.29) is 16.4 Å². The van der Waals surface area contributed by atoms with Crippen molar-refractivity contribution in [2.45, 2.75) is 56.3 Å². The van der Waals surface area contributed by atoms with Gasteiger partial charge in [0.1, 0.15) is 22.7 Å². The van der Waals surface area contributed by atoms with E-state index in [1.165, 1.54) is 33.1 Å². The molecule has 2 atom stereocenters. The van der Waals surface area contributed by atoms with E-state index in [1.54, 1.807) is 39.3 Å². The Morgan fingerprint density at radius 1 is 1.32 bits per heavy atom. The lowest BCUT2D eigenvalue weighted by Crippen LogP contribution is -2.70. The van der Waals surface area contributed by atoms with Crippen LogP contribution in [-0.2, 0) is 26.2 Å². The molecule has 17 heteroatoms. The third-order valence-electron chi connectivity index (χ3n) is 5.53. The molecule has 0 aromatic carbocycles. The second-order valence-electron chi connectivity index (χ2n) is 9.68. The van der Waals surface area contributed by atoms with Gasteiger partial charge in [0.05, 0.1) is 11.3 Å². The average Bonchev–Trinajstić information content (AvgIpc) is 3.50. The first-order valence-electron chi connectivity index (χ1n) is 12.1. The molecule has 0 aliphatic carbocycles. The number of β-lactam (4-membered cyclic amide) rings is 1. The van der Waals surface area contributed by atoms with E-state index >= 15 is 0 Å². The Morgan fingerprint density at radius 2 is 2.08 bits per heavy atom. The van der Waals surface area contributed by atoms with Gasteiger partial charge in [0.15, 0.2) is 5.13 Å². The standard InChI is InChI=1S/C23H28N8O6S3/c1-6-7-12(13-10-39-20(24-13)26-22(36)37-23(2,3)4)16(32)25-14-17(33)31-15(19(34)35)11(8-38-18(14)31)9-40-21-27-28-29-30(21)5/h7,10,14,18H,6,8-9H2,1-5H3,(H,25,32)(H,34,35)(H,24,26,36)/b12-7-/t14?,18-/m1/s1. The van der Waals surface area contributed by atoms with E-state index in [1.807, 2.05) is 6.92 Å². The highest BCUT2D eigenvalue weighted by Crippen LogP contribution is 2.41. The van der Waals surface area contributed by atoms with Gasteiger partial charge in [-0.1, -0.05) is 24.8 Å². The predicted molar refractivity (Wildman–Crippen MR) is 149 cm³/mol. The third kappa shape index (κ3) is 6.47. The number of thiazole rings is 1. The monoisotopic (exact) mass is 608 g/mol. The maximum atomic E-state index is 13.3. The van der Waals surface area contributed by atoms with Crippen LogP contribution in [0.2, 0.25) is 0 Å². The summed E-state index contributed by atoms with van der Waals surface area (Å²) in [7, 11) is 1.68. The van der Waals surface area contributed by atoms with E-state index in [4.69, 9.17) is 4.74 Å². The van der Waals surface area contributed by atoms with Gasteiger partial charge in [-0.05, 0) is 43.2 Å². The van der Waals surface area contributed by atoms with Crippen molar-refractivity contribution in [3.05, 3.63) is 28.4 Å². The molecule has 1 unspecified atom stereocenters. The first-order chi connectivity index (χ1) is 18.9. The SMILES string of the molecule is CC/C=C(\C(=O)NC1C(=O)N2C(C(=O)O)=C(CSc3nnnn3C)CS[C@H]12)c1csc(NC(=O)OC(C)(C)C)n1. The number of nitrogens with one attached hydrogen (secondary N) is 2. The van der Waals surface area contributed by atoms with Crippen LogP contribution in [0, 0.1) is 0 Å². The van der Waals surface area contributed by atoms with Crippen molar-refractivity contribution in [3.8, 4) is 0 Å². The van der Waals surface area contributed by atoms with Gasteiger partial charge in [-0.15, -0.1) is 28.2 Å². The van der Waals surface area contributed by atoms with E-state index in [0.717, 1.165) is 11.3 Å². The van der Waals surface area contributed by atoms with E-state index in [9.17, 15) is 24.3 Å². The highest BCUT2D eigenvalue weighted by molar-refractivity contribution is 8.01. The maximum Gasteiger partial charge on any atom is 0.413 e. The number of carboxylic acid groups (broad SMARTS) is 1. The summed E-state index contributed by atoms with van der Waals surface area (Å²) in [6.45, 7) is 7.08. The summed E-state index contributed by atoms with van der Waals surface area (Å²) in [4.78, 5) is 56.1. The van der Waals surface area contributed by atoms with Gasteiger partial charge < -0.3 is 15.2 Å². The molecule has 4 heterocycles. The fraction of sp³-hybridized carbons (Fsp3) is 0.478. The van der Waals surface area contributed by atoms with Crippen molar-refractivity contribution < 1.29 is 29.0 Å². The molecule has 2 aromatic rings. The summed E-state index contributed by atoms with van der Waals surface area (Å²) in [5.74, 6) is -1.58. The second-order valence-corrected chi connectivity index (χ2v) is 12.6. The smallest absolute Gasteiger partial charge is 0.413 e. The third-order valence-corrected chi connectivity index (χ3v) is 8.73. The molecular formula is C23H28N8O6S3. The molecule has 2 aliphatic heterocycles. The largest absolute Gasteiger partial charge is 0.477 e. The Bertz CT molecular complexity index is 1390. The Balaban J connectivity index is 1.44. The number of aliphatic carboxylic acids is 1. The van der Waals surface area contributed by atoms with Gasteiger partial charge in [0, 0.05) is 23.9 Å². The fourth-order valence-corrected chi connectivity index (χ4v) is 6.90. The number of thioether (sulfide) groups is 2. The maximum absolute atomic E-state index is 13.3. The minimum atomic E-state index is -1.21. The molecule has 0 radical (unpaired) electrons. The van der Waals surface area contributed by atoms with Gasteiger partial charge in [-0.2, -0.15) is 0 Å². The Hall–Kier alpha value is -3.44. The molecule has 0 saturated carbocycles. The molecule has 14 nitrogen and oxygen atoms in total. The number of hydrogen-bond acceptors (Lipinski definition) is 12. The second kappa shape index (κ2) is 12.0. The summed E-state index contributed by atoms with van der Waals surface area (Å²) in [5, 5.41) is 28.3. The number of allylic oxidation sites excluding steroid dienone is 1. The summed E-state index contributed by atoms with van der Waals surface area (Å²) in [5.41, 5.74) is 0.383. The zero-order valence-electron chi connectivity index (χ0n) is 22.3. The Kier molecular flexibility index (Phi) is 8.84. The number of aromatic nitrogens is 5. The van der Waals surface area contributed by atoms with Crippen molar-refractivity contribution in [2.24, 2.45) is 7.05 Å². The Labute approximate surface area is 242 Å². The zero-order valence-corrected chi connectivity index (χ0v) is 24.8. The molecule has 1 saturated heterocycles.